The van der Waals surface area contributed by atoms with Crippen LogP contribution in [0.15, 0.2) is 60.7 Å². The van der Waals surface area contributed by atoms with Gasteiger partial charge in [-0.15, -0.1) is 0 Å². The summed E-state index contributed by atoms with van der Waals surface area (Å²) in [6.07, 6.45) is 2.25. The number of carbonyl (C=O) groups excluding carboxylic acids is 2. The second-order valence-corrected chi connectivity index (χ2v) is 6.42. The summed E-state index contributed by atoms with van der Waals surface area (Å²) in [5.41, 5.74) is 1.77. The van der Waals surface area contributed by atoms with Gasteiger partial charge >= 0.3 is 0 Å². The molecule has 4 nitrogen and oxygen atoms in total. The van der Waals surface area contributed by atoms with Crippen LogP contribution in [0.1, 0.15) is 26.2 Å². The number of hydrogen-bond donors (Lipinski definition) is 0. The molecule has 0 spiro atoms. The van der Waals surface area contributed by atoms with Gasteiger partial charge < -0.3 is 9.80 Å². The van der Waals surface area contributed by atoms with Crippen molar-refractivity contribution in [3.8, 4) is 0 Å². The van der Waals surface area contributed by atoms with Gasteiger partial charge in [0.05, 0.1) is 5.92 Å². The highest BCUT2D eigenvalue weighted by Crippen LogP contribution is 2.28. The first kappa shape index (κ1) is 17.2. The van der Waals surface area contributed by atoms with Crippen molar-refractivity contribution in [2.75, 3.05) is 22.9 Å². The SMILES string of the molecule is CCCCN(C(=O)[C@H]1CC(=O)N(c2ccccc2)C1)c1ccccc1. The lowest BCUT2D eigenvalue weighted by atomic mass is 10.1. The van der Waals surface area contributed by atoms with E-state index in [2.05, 4.69) is 6.92 Å². The summed E-state index contributed by atoms with van der Waals surface area (Å²) in [5, 5.41) is 0. The highest BCUT2D eigenvalue weighted by Gasteiger charge is 2.37. The molecule has 2 aromatic rings. The van der Waals surface area contributed by atoms with Gasteiger partial charge in [-0.3, -0.25) is 9.59 Å². The average molecular weight is 336 g/mol. The molecular formula is C21H24N2O2. The van der Waals surface area contributed by atoms with E-state index in [0.717, 1.165) is 24.2 Å². The van der Waals surface area contributed by atoms with Crippen molar-refractivity contribution in [3.05, 3.63) is 60.7 Å². The Morgan fingerprint density at radius 2 is 1.72 bits per heavy atom. The molecule has 25 heavy (non-hydrogen) atoms. The normalized spacial score (nSPS) is 16.9. The summed E-state index contributed by atoms with van der Waals surface area (Å²) in [5.74, 6) is -0.218. The summed E-state index contributed by atoms with van der Waals surface area (Å²) in [7, 11) is 0. The first-order valence-electron chi connectivity index (χ1n) is 8.92. The van der Waals surface area contributed by atoms with Crippen LogP contribution in [0, 0.1) is 5.92 Å². The Morgan fingerprint density at radius 1 is 1.08 bits per heavy atom. The summed E-state index contributed by atoms with van der Waals surface area (Å²) in [6, 6.07) is 19.3. The molecule has 4 heteroatoms. The molecule has 0 N–H and O–H groups in total. The maximum absolute atomic E-state index is 13.1. The minimum Gasteiger partial charge on any atom is -0.312 e. The molecule has 0 unspecified atom stereocenters. The summed E-state index contributed by atoms with van der Waals surface area (Å²) < 4.78 is 0. The third-order valence-electron chi connectivity index (χ3n) is 4.61. The number of benzene rings is 2. The molecule has 2 aromatic carbocycles. The van der Waals surface area contributed by atoms with E-state index < -0.39 is 0 Å². The van der Waals surface area contributed by atoms with Gasteiger partial charge in [-0.05, 0) is 30.7 Å². The van der Waals surface area contributed by atoms with Crippen LogP contribution in [-0.2, 0) is 9.59 Å². The second kappa shape index (κ2) is 7.97. The quantitative estimate of drug-likeness (QED) is 0.803. The Labute approximate surface area is 149 Å². The number of para-hydroxylation sites is 2. The number of anilines is 2. The molecule has 3 rings (SSSR count). The van der Waals surface area contributed by atoms with E-state index in [-0.39, 0.29) is 24.2 Å². The predicted molar refractivity (Wildman–Crippen MR) is 101 cm³/mol. The van der Waals surface area contributed by atoms with Crippen LogP contribution in [0.5, 0.6) is 0 Å². The van der Waals surface area contributed by atoms with Crippen LogP contribution in [-0.4, -0.2) is 24.9 Å². The lowest BCUT2D eigenvalue weighted by Gasteiger charge is -2.25. The van der Waals surface area contributed by atoms with Crippen molar-refractivity contribution < 1.29 is 9.59 Å². The molecule has 1 saturated heterocycles. The molecule has 0 bridgehead atoms. The van der Waals surface area contributed by atoms with Crippen molar-refractivity contribution in [1.29, 1.82) is 0 Å². The van der Waals surface area contributed by atoms with Gasteiger partial charge in [-0.1, -0.05) is 49.7 Å². The Hall–Kier alpha value is -2.62. The topological polar surface area (TPSA) is 40.6 Å². The molecule has 0 aliphatic carbocycles. The molecule has 2 amide bonds. The Morgan fingerprint density at radius 3 is 2.36 bits per heavy atom. The monoisotopic (exact) mass is 336 g/mol. The third kappa shape index (κ3) is 3.90. The van der Waals surface area contributed by atoms with Crippen LogP contribution in [0.25, 0.3) is 0 Å². The average Bonchev–Trinajstić information content (AvgIpc) is 3.05. The summed E-state index contributed by atoms with van der Waals surface area (Å²) in [4.78, 5) is 29.1. The van der Waals surface area contributed by atoms with Crippen molar-refractivity contribution in [2.24, 2.45) is 5.92 Å². The number of carbonyl (C=O) groups is 2. The Kier molecular flexibility index (Phi) is 5.49. The van der Waals surface area contributed by atoms with Crippen molar-refractivity contribution in [1.82, 2.24) is 0 Å². The fourth-order valence-corrected chi connectivity index (χ4v) is 3.24. The maximum atomic E-state index is 13.1. The third-order valence-corrected chi connectivity index (χ3v) is 4.61. The van der Waals surface area contributed by atoms with E-state index in [4.69, 9.17) is 0 Å². The minimum absolute atomic E-state index is 0.0213. The molecular weight excluding hydrogens is 312 g/mol. The maximum Gasteiger partial charge on any atom is 0.232 e. The summed E-state index contributed by atoms with van der Waals surface area (Å²) in [6.45, 7) is 3.26. The van der Waals surface area contributed by atoms with E-state index in [1.165, 1.54) is 0 Å². The Bertz CT molecular complexity index is 715. The van der Waals surface area contributed by atoms with Gasteiger partial charge in [0.15, 0.2) is 0 Å². The first-order chi connectivity index (χ1) is 12.2. The molecule has 1 atom stereocenters. The van der Waals surface area contributed by atoms with Crippen LogP contribution in [0.2, 0.25) is 0 Å². The predicted octanol–water partition coefficient (Wildman–Crippen LogP) is 3.87. The number of unbranched alkanes of at least 4 members (excludes halogenated alkanes) is 1. The van der Waals surface area contributed by atoms with Gasteiger partial charge in [-0.25, -0.2) is 0 Å². The van der Waals surface area contributed by atoms with Crippen molar-refractivity contribution in [2.45, 2.75) is 26.2 Å². The smallest absolute Gasteiger partial charge is 0.232 e. The lowest BCUT2D eigenvalue weighted by Crippen LogP contribution is -2.38. The van der Waals surface area contributed by atoms with Gasteiger partial charge in [0, 0.05) is 30.9 Å². The van der Waals surface area contributed by atoms with E-state index in [1.807, 2.05) is 65.6 Å². The molecule has 0 saturated carbocycles. The van der Waals surface area contributed by atoms with E-state index in [9.17, 15) is 9.59 Å². The van der Waals surface area contributed by atoms with Crippen molar-refractivity contribution in [3.63, 3.8) is 0 Å². The number of nitrogens with zero attached hydrogens (tertiary/aromatic N) is 2. The Balaban J connectivity index is 1.77. The molecule has 1 aliphatic rings. The molecule has 1 aliphatic heterocycles. The fourth-order valence-electron chi connectivity index (χ4n) is 3.24. The van der Waals surface area contributed by atoms with Crippen LogP contribution >= 0.6 is 0 Å². The van der Waals surface area contributed by atoms with Crippen LogP contribution in [0.3, 0.4) is 0 Å². The van der Waals surface area contributed by atoms with Gasteiger partial charge in [0.1, 0.15) is 0 Å². The molecule has 0 radical (unpaired) electrons. The first-order valence-corrected chi connectivity index (χ1v) is 8.92. The number of rotatable bonds is 6. The zero-order valence-corrected chi connectivity index (χ0v) is 14.6. The van der Waals surface area contributed by atoms with E-state index in [0.29, 0.717) is 13.1 Å². The van der Waals surface area contributed by atoms with Gasteiger partial charge in [0.2, 0.25) is 11.8 Å². The standard InChI is InChI=1S/C21H24N2O2/c1-2-3-14-22(18-10-6-4-7-11-18)21(25)17-15-20(24)23(16-17)19-12-8-5-9-13-19/h4-13,17H,2-3,14-16H2,1H3/t17-/m0/s1. The second-order valence-electron chi connectivity index (χ2n) is 6.42. The van der Waals surface area contributed by atoms with Crippen LogP contribution in [0.4, 0.5) is 11.4 Å². The highest BCUT2D eigenvalue weighted by atomic mass is 16.2. The molecule has 1 fully saturated rings. The fraction of sp³-hybridized carbons (Fsp3) is 0.333. The summed E-state index contributed by atoms with van der Waals surface area (Å²) >= 11 is 0. The van der Waals surface area contributed by atoms with E-state index >= 15 is 0 Å². The molecule has 130 valence electrons. The highest BCUT2D eigenvalue weighted by molar-refractivity contribution is 6.04. The number of amides is 2. The zero-order valence-electron chi connectivity index (χ0n) is 14.6. The lowest BCUT2D eigenvalue weighted by molar-refractivity contribution is -0.124. The van der Waals surface area contributed by atoms with E-state index in [1.54, 1.807) is 4.90 Å². The van der Waals surface area contributed by atoms with Crippen LogP contribution < -0.4 is 9.80 Å². The van der Waals surface area contributed by atoms with Crippen molar-refractivity contribution >= 4 is 23.2 Å². The van der Waals surface area contributed by atoms with Gasteiger partial charge in [0.25, 0.3) is 0 Å². The zero-order chi connectivity index (χ0) is 17.6. The van der Waals surface area contributed by atoms with Gasteiger partial charge in [-0.2, -0.15) is 0 Å². The molecule has 1 heterocycles. The number of hydrogen-bond acceptors (Lipinski definition) is 2. The molecule has 0 aromatic heterocycles. The minimum atomic E-state index is -0.287. The largest absolute Gasteiger partial charge is 0.312 e.